The van der Waals surface area contributed by atoms with Crippen LogP contribution in [-0.4, -0.2) is 47.0 Å². The molecular formula is C29H35Cl2N3O4. The molecule has 0 spiro atoms. The van der Waals surface area contributed by atoms with Crippen molar-refractivity contribution in [1.82, 2.24) is 10.2 Å². The number of carbonyl (C=O) groups excluding carboxylic acids is 2. The van der Waals surface area contributed by atoms with E-state index in [4.69, 9.17) is 28.3 Å². The number of halogens is 2. The number of nitrogens with one attached hydrogen (secondary N) is 1. The first-order chi connectivity index (χ1) is 18.0. The van der Waals surface area contributed by atoms with E-state index in [0.717, 1.165) is 31.2 Å². The highest BCUT2D eigenvalue weighted by atomic mass is 35.5. The quantitative estimate of drug-likeness (QED) is 0.391. The first-order valence-electron chi connectivity index (χ1n) is 13.1. The lowest BCUT2D eigenvalue weighted by molar-refractivity contribution is -0.136. The van der Waals surface area contributed by atoms with Crippen LogP contribution in [0.1, 0.15) is 74.8 Å². The smallest absolute Gasteiger partial charge is 0.325 e. The molecule has 1 aliphatic heterocycles. The maximum Gasteiger partial charge on any atom is 0.325 e. The molecule has 2 aromatic carbocycles. The van der Waals surface area contributed by atoms with Crippen LogP contribution in [0.2, 0.25) is 10.0 Å². The van der Waals surface area contributed by atoms with E-state index in [1.165, 1.54) is 0 Å². The number of carboxylic acids is 1. The van der Waals surface area contributed by atoms with Crippen LogP contribution in [0.25, 0.3) is 0 Å². The first-order valence-corrected chi connectivity index (χ1v) is 13.9. The number of aliphatic carboxylic acids is 1. The van der Waals surface area contributed by atoms with Gasteiger partial charge >= 0.3 is 12.0 Å². The van der Waals surface area contributed by atoms with E-state index < -0.39 is 5.97 Å². The summed E-state index contributed by atoms with van der Waals surface area (Å²) in [6.07, 6.45) is 3.89. The Morgan fingerprint density at radius 3 is 2.26 bits per heavy atom. The third-order valence-electron chi connectivity index (χ3n) is 7.84. The van der Waals surface area contributed by atoms with Gasteiger partial charge in [0.1, 0.15) is 0 Å². The summed E-state index contributed by atoms with van der Waals surface area (Å²) in [5.41, 5.74) is 2.25. The van der Waals surface area contributed by atoms with Crippen molar-refractivity contribution in [2.75, 3.05) is 18.0 Å². The molecule has 204 valence electrons. The fraction of sp³-hybridized carbons (Fsp3) is 0.483. The van der Waals surface area contributed by atoms with Gasteiger partial charge < -0.3 is 15.3 Å². The van der Waals surface area contributed by atoms with Crippen molar-refractivity contribution in [2.45, 2.75) is 65.0 Å². The molecule has 7 nitrogen and oxygen atoms in total. The molecule has 1 saturated heterocycles. The number of anilines is 1. The lowest BCUT2D eigenvalue weighted by atomic mass is 9.71. The maximum absolute atomic E-state index is 13.9. The van der Waals surface area contributed by atoms with Gasteiger partial charge in [0.05, 0.1) is 29.7 Å². The van der Waals surface area contributed by atoms with E-state index in [-0.39, 0.29) is 42.4 Å². The standard InChI is InChI=1S/C29H35Cl2N3O4/c1-29(2,3)20-8-11-22(12-9-20)34-25(17-33(28(34)38)24-13-10-21(30)16-23(24)31)18-4-6-19(7-5-18)27(37)32-15-14-26(35)36/h4-7,10,13,16,20,22,25H,8-9,11-12,14-15,17H2,1-3H3,(H,32,37)(H,35,36). The molecule has 1 aliphatic carbocycles. The van der Waals surface area contributed by atoms with Gasteiger partial charge in [0.25, 0.3) is 5.91 Å². The lowest BCUT2D eigenvalue weighted by Crippen LogP contribution is -2.43. The van der Waals surface area contributed by atoms with Crippen molar-refractivity contribution in [3.8, 4) is 0 Å². The Morgan fingerprint density at radius 2 is 1.68 bits per heavy atom. The molecule has 1 saturated carbocycles. The number of hydrogen-bond donors (Lipinski definition) is 2. The van der Waals surface area contributed by atoms with Crippen LogP contribution >= 0.6 is 23.2 Å². The monoisotopic (exact) mass is 559 g/mol. The van der Waals surface area contributed by atoms with Crippen molar-refractivity contribution in [3.63, 3.8) is 0 Å². The van der Waals surface area contributed by atoms with Gasteiger partial charge in [-0.15, -0.1) is 0 Å². The minimum absolute atomic E-state index is 0.0644. The minimum Gasteiger partial charge on any atom is -0.481 e. The Balaban J connectivity index is 1.58. The first kappa shape index (κ1) is 28.2. The molecule has 0 bridgehead atoms. The van der Waals surface area contributed by atoms with Crippen LogP contribution in [0.4, 0.5) is 10.5 Å². The van der Waals surface area contributed by atoms with Crippen molar-refractivity contribution in [3.05, 3.63) is 63.6 Å². The zero-order valence-corrected chi connectivity index (χ0v) is 23.6. The summed E-state index contributed by atoms with van der Waals surface area (Å²) in [4.78, 5) is 40.8. The fourth-order valence-corrected chi connectivity index (χ4v) is 6.16. The number of benzene rings is 2. The summed E-state index contributed by atoms with van der Waals surface area (Å²) >= 11 is 12.6. The number of carboxylic acid groups (broad SMARTS) is 1. The van der Waals surface area contributed by atoms with Crippen molar-refractivity contribution in [1.29, 1.82) is 0 Å². The van der Waals surface area contributed by atoms with E-state index in [9.17, 15) is 14.4 Å². The molecule has 2 N–H and O–H groups in total. The molecule has 2 aliphatic rings. The van der Waals surface area contributed by atoms with Crippen LogP contribution in [0.5, 0.6) is 0 Å². The average molecular weight is 561 g/mol. The Kier molecular flexibility index (Phi) is 8.58. The molecule has 0 radical (unpaired) electrons. The van der Waals surface area contributed by atoms with Crippen LogP contribution in [0.15, 0.2) is 42.5 Å². The topological polar surface area (TPSA) is 90.0 Å². The fourth-order valence-electron chi connectivity index (χ4n) is 5.65. The largest absolute Gasteiger partial charge is 0.481 e. The highest BCUT2D eigenvalue weighted by Gasteiger charge is 2.44. The van der Waals surface area contributed by atoms with Crippen molar-refractivity contribution >= 4 is 46.8 Å². The number of rotatable bonds is 7. The van der Waals surface area contributed by atoms with E-state index >= 15 is 0 Å². The maximum atomic E-state index is 13.9. The zero-order chi connectivity index (χ0) is 27.6. The van der Waals surface area contributed by atoms with Gasteiger partial charge in [-0.25, -0.2) is 4.79 Å². The van der Waals surface area contributed by atoms with E-state index in [2.05, 4.69) is 26.1 Å². The summed E-state index contributed by atoms with van der Waals surface area (Å²) < 4.78 is 0. The number of urea groups is 1. The normalized spacial score (nSPS) is 22.0. The van der Waals surface area contributed by atoms with E-state index in [1.54, 1.807) is 35.2 Å². The number of amides is 3. The molecule has 9 heteroatoms. The summed E-state index contributed by atoms with van der Waals surface area (Å²) in [5, 5.41) is 12.4. The number of carbonyl (C=O) groups is 3. The Hall–Kier alpha value is -2.77. The van der Waals surface area contributed by atoms with Crippen LogP contribution in [-0.2, 0) is 4.79 Å². The summed E-state index contributed by atoms with van der Waals surface area (Å²) in [7, 11) is 0. The molecule has 1 atom stereocenters. The van der Waals surface area contributed by atoms with E-state index in [1.807, 2.05) is 17.0 Å². The molecule has 4 rings (SSSR count). The molecule has 3 amide bonds. The van der Waals surface area contributed by atoms with Crippen LogP contribution in [0, 0.1) is 11.3 Å². The predicted octanol–water partition coefficient (Wildman–Crippen LogP) is 6.79. The van der Waals surface area contributed by atoms with Gasteiger partial charge in [-0.3, -0.25) is 14.5 Å². The third-order valence-corrected chi connectivity index (χ3v) is 8.38. The van der Waals surface area contributed by atoms with Gasteiger partial charge in [0.2, 0.25) is 0 Å². The van der Waals surface area contributed by atoms with Crippen molar-refractivity contribution in [2.24, 2.45) is 11.3 Å². The second-order valence-corrected chi connectivity index (χ2v) is 12.1. The molecule has 2 fully saturated rings. The Morgan fingerprint density at radius 1 is 1.03 bits per heavy atom. The highest BCUT2D eigenvalue weighted by molar-refractivity contribution is 6.36. The van der Waals surface area contributed by atoms with Gasteiger partial charge in [-0.2, -0.15) is 0 Å². The van der Waals surface area contributed by atoms with Crippen LogP contribution < -0.4 is 10.2 Å². The third kappa shape index (κ3) is 6.26. The molecule has 1 unspecified atom stereocenters. The van der Waals surface area contributed by atoms with E-state index in [0.29, 0.717) is 33.8 Å². The zero-order valence-electron chi connectivity index (χ0n) is 22.0. The van der Waals surface area contributed by atoms with Gasteiger partial charge in [-0.1, -0.05) is 56.1 Å². The second-order valence-electron chi connectivity index (χ2n) is 11.3. The summed E-state index contributed by atoms with van der Waals surface area (Å²) in [6.45, 7) is 7.35. The Bertz CT molecular complexity index is 1190. The SMILES string of the molecule is CC(C)(C)C1CCC(N2C(=O)N(c3ccc(Cl)cc3Cl)CC2c2ccc(C(=O)NCCC(=O)O)cc2)CC1. The second kappa shape index (κ2) is 11.5. The molecule has 2 aromatic rings. The number of hydrogen-bond acceptors (Lipinski definition) is 3. The summed E-state index contributed by atoms with van der Waals surface area (Å²) in [5.74, 6) is -0.670. The summed E-state index contributed by atoms with van der Waals surface area (Å²) in [6, 6.07) is 12.2. The Labute approximate surface area is 234 Å². The molecule has 0 aromatic heterocycles. The predicted molar refractivity (Wildman–Crippen MR) is 150 cm³/mol. The average Bonchev–Trinajstić information content (AvgIpc) is 3.20. The van der Waals surface area contributed by atoms with Crippen LogP contribution in [0.3, 0.4) is 0 Å². The van der Waals surface area contributed by atoms with Crippen molar-refractivity contribution < 1.29 is 19.5 Å². The lowest BCUT2D eigenvalue weighted by Gasteiger charge is -2.41. The van der Waals surface area contributed by atoms with Gasteiger partial charge in [0.15, 0.2) is 0 Å². The van der Waals surface area contributed by atoms with Gasteiger partial charge in [0, 0.05) is 23.2 Å². The molecule has 1 heterocycles. The molecule has 38 heavy (non-hydrogen) atoms. The highest BCUT2D eigenvalue weighted by Crippen LogP contribution is 2.44. The molecular weight excluding hydrogens is 525 g/mol. The van der Waals surface area contributed by atoms with Gasteiger partial charge in [-0.05, 0) is 72.9 Å². The minimum atomic E-state index is -0.964. The number of nitrogens with zero attached hydrogens (tertiary/aromatic N) is 2.